The summed E-state index contributed by atoms with van der Waals surface area (Å²) in [6.45, 7) is 0. The van der Waals surface area contributed by atoms with E-state index < -0.39 is 0 Å². The highest BCUT2D eigenvalue weighted by atomic mass is 16.1. The van der Waals surface area contributed by atoms with Crippen molar-refractivity contribution in [2.75, 3.05) is 19.0 Å². The Kier molecular flexibility index (Phi) is 5.16. The number of aromatic nitrogens is 2. The Morgan fingerprint density at radius 1 is 0.724 bits per heavy atom. The highest BCUT2D eigenvalue weighted by molar-refractivity contribution is 6.13. The van der Waals surface area contributed by atoms with Crippen LogP contribution in [0, 0.1) is 0 Å². The van der Waals surface area contributed by atoms with Crippen LogP contribution >= 0.6 is 0 Å². The summed E-state index contributed by atoms with van der Waals surface area (Å²) in [7, 11) is 3.88. The molecule has 4 rings (SSSR count). The number of anilines is 1. The molecule has 0 bridgehead atoms. The summed E-state index contributed by atoms with van der Waals surface area (Å²) >= 11 is 0. The summed E-state index contributed by atoms with van der Waals surface area (Å²) in [5.41, 5.74) is 5.68. The maximum absolute atomic E-state index is 13.5. The van der Waals surface area contributed by atoms with Crippen molar-refractivity contribution in [1.82, 2.24) is 9.97 Å². The number of hydrogen-bond acceptors (Lipinski definition) is 4. The molecule has 0 unspecified atom stereocenters. The van der Waals surface area contributed by atoms with Crippen LogP contribution in [0.5, 0.6) is 0 Å². The Morgan fingerprint density at radius 2 is 1.38 bits per heavy atom. The number of nitrogens with zero attached hydrogens (tertiary/aromatic N) is 3. The van der Waals surface area contributed by atoms with Crippen molar-refractivity contribution in [3.8, 4) is 22.5 Å². The van der Waals surface area contributed by atoms with Crippen LogP contribution in [0.1, 0.15) is 15.9 Å². The van der Waals surface area contributed by atoms with E-state index >= 15 is 0 Å². The maximum atomic E-state index is 13.5. The van der Waals surface area contributed by atoms with Gasteiger partial charge in [-0.05, 0) is 42.5 Å². The minimum Gasteiger partial charge on any atom is -0.377 e. The van der Waals surface area contributed by atoms with E-state index in [9.17, 15) is 4.79 Å². The van der Waals surface area contributed by atoms with Gasteiger partial charge in [-0.1, -0.05) is 36.4 Å². The molecule has 0 atom stereocenters. The summed E-state index contributed by atoms with van der Waals surface area (Å²) in [6, 6.07) is 25.0. The number of pyridine rings is 2. The smallest absolute Gasteiger partial charge is 0.195 e. The van der Waals surface area contributed by atoms with Gasteiger partial charge >= 0.3 is 0 Å². The first kappa shape index (κ1) is 18.6. The largest absolute Gasteiger partial charge is 0.377 e. The van der Waals surface area contributed by atoms with Crippen LogP contribution in [-0.2, 0) is 0 Å². The molecule has 0 saturated heterocycles. The molecule has 0 aliphatic rings. The first-order valence-corrected chi connectivity index (χ1v) is 9.42. The second-order valence-corrected chi connectivity index (χ2v) is 6.97. The number of carbonyl (C=O) groups excluding carboxylic acids is 1. The Labute approximate surface area is 170 Å². The van der Waals surface area contributed by atoms with Crippen LogP contribution in [0.3, 0.4) is 0 Å². The van der Waals surface area contributed by atoms with E-state index in [2.05, 4.69) is 9.97 Å². The third-order valence-corrected chi connectivity index (χ3v) is 4.77. The fourth-order valence-corrected chi connectivity index (χ4v) is 3.31. The van der Waals surface area contributed by atoms with E-state index in [1.54, 1.807) is 12.4 Å². The molecule has 0 fully saturated rings. The number of ketones is 1. The second-order valence-electron chi connectivity index (χ2n) is 6.97. The first-order chi connectivity index (χ1) is 14.1. The fraction of sp³-hybridized carbons (Fsp3) is 0.0800. The highest BCUT2D eigenvalue weighted by Gasteiger charge is 2.17. The zero-order valence-corrected chi connectivity index (χ0v) is 16.4. The van der Waals surface area contributed by atoms with Crippen LogP contribution in [0.2, 0.25) is 0 Å². The number of rotatable bonds is 5. The van der Waals surface area contributed by atoms with Gasteiger partial charge in [0.2, 0.25) is 0 Å². The number of carbonyl (C=O) groups is 1. The van der Waals surface area contributed by atoms with Gasteiger partial charge in [-0.15, -0.1) is 0 Å². The average Bonchev–Trinajstić information content (AvgIpc) is 2.79. The first-order valence-electron chi connectivity index (χ1n) is 9.42. The zero-order chi connectivity index (χ0) is 20.2. The molecule has 2 aromatic heterocycles. The molecular weight excluding hydrogens is 358 g/mol. The maximum Gasteiger partial charge on any atom is 0.195 e. The third-order valence-electron chi connectivity index (χ3n) is 4.77. The molecule has 2 heterocycles. The predicted molar refractivity (Wildman–Crippen MR) is 117 cm³/mol. The summed E-state index contributed by atoms with van der Waals surface area (Å²) in [6.07, 6.45) is 3.51. The van der Waals surface area contributed by atoms with Gasteiger partial charge in [-0.3, -0.25) is 14.8 Å². The van der Waals surface area contributed by atoms with Crippen molar-refractivity contribution in [3.05, 3.63) is 102 Å². The molecule has 0 N–H and O–H groups in total. The SMILES string of the molecule is CN(C)c1ccc(-c2ccccn2)cc1C(=O)c1cccc(-c2ccccn2)c1. The van der Waals surface area contributed by atoms with Crippen molar-refractivity contribution in [3.63, 3.8) is 0 Å². The normalized spacial score (nSPS) is 10.6. The van der Waals surface area contributed by atoms with Gasteiger partial charge in [-0.25, -0.2) is 0 Å². The molecule has 4 heteroatoms. The van der Waals surface area contributed by atoms with Crippen LogP contribution in [0.4, 0.5) is 5.69 Å². The molecule has 0 aliphatic carbocycles. The van der Waals surface area contributed by atoms with Gasteiger partial charge in [-0.2, -0.15) is 0 Å². The molecule has 0 amide bonds. The molecule has 0 saturated carbocycles. The highest BCUT2D eigenvalue weighted by Crippen LogP contribution is 2.28. The summed E-state index contributed by atoms with van der Waals surface area (Å²) in [4.78, 5) is 24.2. The van der Waals surface area contributed by atoms with Crippen LogP contribution in [0.15, 0.2) is 91.3 Å². The third kappa shape index (κ3) is 3.92. The molecule has 0 radical (unpaired) electrons. The van der Waals surface area contributed by atoms with Crippen LogP contribution in [-0.4, -0.2) is 29.8 Å². The topological polar surface area (TPSA) is 46.1 Å². The van der Waals surface area contributed by atoms with Crippen molar-refractivity contribution in [2.45, 2.75) is 0 Å². The minimum absolute atomic E-state index is 0.0238. The van der Waals surface area contributed by atoms with Gasteiger partial charge in [0, 0.05) is 54.4 Å². The monoisotopic (exact) mass is 379 g/mol. The summed E-state index contributed by atoms with van der Waals surface area (Å²) in [5, 5.41) is 0. The summed E-state index contributed by atoms with van der Waals surface area (Å²) in [5.74, 6) is -0.0238. The van der Waals surface area contributed by atoms with Gasteiger partial charge < -0.3 is 4.90 Å². The van der Waals surface area contributed by atoms with E-state index in [1.807, 2.05) is 97.9 Å². The quantitative estimate of drug-likeness (QED) is 0.452. The van der Waals surface area contributed by atoms with Gasteiger partial charge in [0.25, 0.3) is 0 Å². The van der Waals surface area contributed by atoms with Crippen molar-refractivity contribution >= 4 is 11.5 Å². The van der Waals surface area contributed by atoms with Crippen molar-refractivity contribution < 1.29 is 4.79 Å². The molecule has 142 valence electrons. The lowest BCUT2D eigenvalue weighted by Crippen LogP contribution is -2.14. The fourth-order valence-electron chi connectivity index (χ4n) is 3.31. The average molecular weight is 379 g/mol. The molecule has 0 spiro atoms. The van der Waals surface area contributed by atoms with Gasteiger partial charge in [0.05, 0.1) is 11.4 Å². The van der Waals surface area contributed by atoms with E-state index in [0.717, 1.165) is 28.2 Å². The van der Waals surface area contributed by atoms with Crippen molar-refractivity contribution in [1.29, 1.82) is 0 Å². The molecule has 4 nitrogen and oxygen atoms in total. The summed E-state index contributed by atoms with van der Waals surface area (Å²) < 4.78 is 0. The number of hydrogen-bond donors (Lipinski definition) is 0. The number of benzene rings is 2. The Morgan fingerprint density at radius 3 is 1.97 bits per heavy atom. The molecule has 2 aromatic carbocycles. The zero-order valence-electron chi connectivity index (χ0n) is 16.4. The van der Waals surface area contributed by atoms with E-state index in [1.165, 1.54) is 0 Å². The molecule has 4 aromatic rings. The van der Waals surface area contributed by atoms with Gasteiger partial charge in [0.15, 0.2) is 5.78 Å². The van der Waals surface area contributed by atoms with Crippen LogP contribution < -0.4 is 4.90 Å². The predicted octanol–water partition coefficient (Wildman–Crippen LogP) is 5.11. The Balaban J connectivity index is 1.78. The van der Waals surface area contributed by atoms with E-state index in [4.69, 9.17) is 0 Å². The second kappa shape index (κ2) is 8.07. The van der Waals surface area contributed by atoms with Crippen molar-refractivity contribution in [2.24, 2.45) is 0 Å². The van der Waals surface area contributed by atoms with Crippen LogP contribution in [0.25, 0.3) is 22.5 Å². The lowest BCUT2D eigenvalue weighted by atomic mass is 9.96. The Bertz CT molecular complexity index is 1140. The standard InChI is InChI=1S/C25H21N3O/c1-28(2)24-13-12-19(23-11-4-6-15-27-23)17-21(24)25(29)20-9-7-8-18(16-20)22-10-3-5-14-26-22/h3-17H,1-2H3. The molecule has 0 aliphatic heterocycles. The minimum atomic E-state index is -0.0238. The molecular formula is C25H21N3O. The van der Waals surface area contributed by atoms with E-state index in [0.29, 0.717) is 11.1 Å². The lowest BCUT2D eigenvalue weighted by Gasteiger charge is -2.18. The van der Waals surface area contributed by atoms with E-state index in [-0.39, 0.29) is 5.78 Å². The molecule has 29 heavy (non-hydrogen) atoms. The Hall–Kier alpha value is -3.79. The lowest BCUT2D eigenvalue weighted by molar-refractivity contribution is 0.103. The van der Waals surface area contributed by atoms with Gasteiger partial charge in [0.1, 0.15) is 0 Å².